The smallest absolute Gasteiger partial charge is 0.194 e. The first-order chi connectivity index (χ1) is 9.54. The van der Waals surface area contributed by atoms with Crippen LogP contribution in [0.3, 0.4) is 0 Å². The number of Topliss-reactive ketones (excluding diaryl/α,β-unsaturated/α-hetero) is 1. The van der Waals surface area contributed by atoms with Gasteiger partial charge in [0.25, 0.3) is 0 Å². The zero-order valence-corrected chi connectivity index (χ0v) is 11.6. The van der Waals surface area contributed by atoms with Crippen LogP contribution in [0.5, 0.6) is 5.75 Å². The van der Waals surface area contributed by atoms with E-state index in [4.69, 9.17) is 4.74 Å². The molecule has 0 spiro atoms. The van der Waals surface area contributed by atoms with Gasteiger partial charge in [0.1, 0.15) is 5.75 Å². The third kappa shape index (κ3) is 1.59. The van der Waals surface area contributed by atoms with E-state index in [1.165, 1.54) is 6.92 Å². The fourth-order valence-corrected chi connectivity index (χ4v) is 2.83. The summed E-state index contributed by atoms with van der Waals surface area (Å²) in [6, 6.07) is 8.98. The number of hydrogen-bond acceptors (Lipinski definition) is 3. The molecule has 2 aromatic carbocycles. The maximum absolute atomic E-state index is 12.4. The molecule has 0 atom stereocenters. The number of rotatable bonds is 2. The van der Waals surface area contributed by atoms with Gasteiger partial charge in [0.2, 0.25) is 0 Å². The first kappa shape index (κ1) is 12.6. The minimum absolute atomic E-state index is 0.0252. The predicted molar refractivity (Wildman–Crippen MR) is 76.6 cm³/mol. The van der Waals surface area contributed by atoms with Crippen LogP contribution >= 0.6 is 0 Å². The van der Waals surface area contributed by atoms with Crippen molar-refractivity contribution in [1.82, 2.24) is 0 Å². The summed E-state index contributed by atoms with van der Waals surface area (Å²) in [7, 11) is 1.58. The fraction of sp³-hybridized carbons (Fsp3) is 0.176. The van der Waals surface area contributed by atoms with Crippen molar-refractivity contribution in [3.63, 3.8) is 0 Å². The summed E-state index contributed by atoms with van der Waals surface area (Å²) in [5.74, 6) is 0.628. The van der Waals surface area contributed by atoms with Gasteiger partial charge in [-0.15, -0.1) is 0 Å². The van der Waals surface area contributed by atoms with Crippen molar-refractivity contribution in [3.8, 4) is 16.9 Å². The number of aryl methyl sites for hydroxylation is 1. The van der Waals surface area contributed by atoms with Crippen LogP contribution in [0.15, 0.2) is 30.3 Å². The molecule has 0 saturated carbocycles. The highest BCUT2D eigenvalue weighted by molar-refractivity contribution is 6.25. The lowest BCUT2D eigenvalue weighted by Crippen LogP contribution is -2.02. The van der Waals surface area contributed by atoms with Gasteiger partial charge in [0.15, 0.2) is 11.6 Å². The Hall–Kier alpha value is -2.42. The van der Waals surface area contributed by atoms with Gasteiger partial charge in [-0.2, -0.15) is 0 Å². The van der Waals surface area contributed by atoms with E-state index in [2.05, 4.69) is 0 Å². The molecule has 3 nitrogen and oxygen atoms in total. The van der Waals surface area contributed by atoms with Gasteiger partial charge >= 0.3 is 0 Å². The molecule has 0 bridgehead atoms. The average molecular weight is 266 g/mol. The minimum Gasteiger partial charge on any atom is -0.497 e. The maximum atomic E-state index is 12.4. The minimum atomic E-state index is -0.0276. The molecule has 2 aromatic rings. The summed E-state index contributed by atoms with van der Waals surface area (Å²) in [5, 5.41) is 0. The molecule has 0 unspecified atom stereocenters. The van der Waals surface area contributed by atoms with Crippen LogP contribution in [0, 0.1) is 6.92 Å². The van der Waals surface area contributed by atoms with Gasteiger partial charge in [0, 0.05) is 22.3 Å². The van der Waals surface area contributed by atoms with Gasteiger partial charge in [-0.3, -0.25) is 9.59 Å². The van der Waals surface area contributed by atoms with E-state index >= 15 is 0 Å². The highest BCUT2D eigenvalue weighted by Crippen LogP contribution is 2.41. The van der Waals surface area contributed by atoms with E-state index in [-0.39, 0.29) is 11.6 Å². The molecule has 0 saturated heterocycles. The van der Waals surface area contributed by atoms with Crippen LogP contribution in [-0.2, 0) is 0 Å². The van der Waals surface area contributed by atoms with E-state index in [0.717, 1.165) is 16.7 Å². The zero-order valence-electron chi connectivity index (χ0n) is 11.6. The molecule has 1 aliphatic rings. The van der Waals surface area contributed by atoms with Crippen LogP contribution in [0.1, 0.15) is 38.8 Å². The second kappa shape index (κ2) is 4.30. The predicted octanol–water partition coefficient (Wildman–Crippen LogP) is 3.42. The number of carbonyl (C=O) groups is 2. The average Bonchev–Trinajstić information content (AvgIpc) is 2.71. The third-order valence-corrected chi connectivity index (χ3v) is 3.75. The second-order valence-corrected chi connectivity index (χ2v) is 4.98. The van der Waals surface area contributed by atoms with E-state index < -0.39 is 0 Å². The Labute approximate surface area is 117 Å². The standard InChI is InChI=1S/C17H14O3/c1-9-4-6-13-16(15(9)10(2)18)14-8-11(20-3)5-7-12(14)17(13)19/h4-8H,1-3H3. The molecule has 1 aliphatic carbocycles. The van der Waals surface area contributed by atoms with Gasteiger partial charge in [-0.25, -0.2) is 0 Å². The molecular weight excluding hydrogens is 252 g/mol. The lowest BCUT2D eigenvalue weighted by molar-refractivity contribution is 0.101. The van der Waals surface area contributed by atoms with Crippen molar-refractivity contribution >= 4 is 11.6 Å². The number of ketones is 2. The highest BCUT2D eigenvalue weighted by atomic mass is 16.5. The molecule has 0 fully saturated rings. The van der Waals surface area contributed by atoms with Crippen molar-refractivity contribution in [2.45, 2.75) is 13.8 Å². The Balaban J connectivity index is 2.40. The number of carbonyl (C=O) groups excluding carboxylic acids is 2. The SMILES string of the molecule is COc1ccc2c(c1)-c1c(ccc(C)c1C(C)=O)C2=O. The van der Waals surface area contributed by atoms with Gasteiger partial charge in [0.05, 0.1) is 7.11 Å². The fourth-order valence-electron chi connectivity index (χ4n) is 2.83. The molecule has 3 rings (SSSR count). The number of hydrogen-bond donors (Lipinski definition) is 0. The van der Waals surface area contributed by atoms with Gasteiger partial charge in [-0.1, -0.05) is 12.1 Å². The summed E-state index contributed by atoms with van der Waals surface area (Å²) >= 11 is 0. The zero-order chi connectivity index (χ0) is 14.4. The Bertz CT molecular complexity index is 757. The molecule has 0 N–H and O–H groups in total. The Morgan fingerprint density at radius 1 is 1.05 bits per heavy atom. The van der Waals surface area contributed by atoms with Crippen LogP contribution < -0.4 is 4.74 Å². The van der Waals surface area contributed by atoms with Crippen molar-refractivity contribution in [1.29, 1.82) is 0 Å². The largest absolute Gasteiger partial charge is 0.497 e. The van der Waals surface area contributed by atoms with Crippen molar-refractivity contribution in [3.05, 3.63) is 52.6 Å². The van der Waals surface area contributed by atoms with E-state index in [9.17, 15) is 9.59 Å². The first-order valence-corrected chi connectivity index (χ1v) is 6.42. The van der Waals surface area contributed by atoms with E-state index in [1.54, 1.807) is 25.3 Å². The first-order valence-electron chi connectivity index (χ1n) is 6.42. The molecule has 3 heteroatoms. The molecule has 0 aliphatic heterocycles. The summed E-state index contributed by atoms with van der Waals surface area (Å²) in [6.07, 6.45) is 0. The van der Waals surface area contributed by atoms with E-state index in [1.807, 2.05) is 19.1 Å². The second-order valence-electron chi connectivity index (χ2n) is 4.98. The van der Waals surface area contributed by atoms with Crippen LogP contribution in [-0.4, -0.2) is 18.7 Å². The molecular formula is C17H14O3. The summed E-state index contributed by atoms with van der Waals surface area (Å²) < 4.78 is 5.22. The van der Waals surface area contributed by atoms with Crippen molar-refractivity contribution < 1.29 is 14.3 Å². The molecule has 0 heterocycles. The van der Waals surface area contributed by atoms with Crippen LogP contribution in [0.4, 0.5) is 0 Å². The third-order valence-electron chi connectivity index (χ3n) is 3.75. The number of ether oxygens (including phenoxy) is 1. The van der Waals surface area contributed by atoms with Crippen molar-refractivity contribution in [2.24, 2.45) is 0 Å². The quantitative estimate of drug-likeness (QED) is 0.667. The van der Waals surface area contributed by atoms with Crippen molar-refractivity contribution in [2.75, 3.05) is 7.11 Å². The molecule has 0 radical (unpaired) electrons. The summed E-state index contributed by atoms with van der Waals surface area (Å²) in [6.45, 7) is 3.42. The molecule has 0 aromatic heterocycles. The molecule has 20 heavy (non-hydrogen) atoms. The van der Waals surface area contributed by atoms with Crippen LogP contribution in [0.25, 0.3) is 11.1 Å². The Morgan fingerprint density at radius 3 is 2.40 bits per heavy atom. The topological polar surface area (TPSA) is 43.4 Å². The summed E-state index contributed by atoms with van der Waals surface area (Å²) in [5.41, 5.74) is 4.29. The van der Waals surface area contributed by atoms with Gasteiger partial charge < -0.3 is 4.74 Å². The molecule has 0 amide bonds. The van der Waals surface area contributed by atoms with E-state index in [0.29, 0.717) is 22.4 Å². The lowest BCUT2D eigenvalue weighted by Gasteiger charge is -2.10. The Kier molecular flexibility index (Phi) is 2.71. The molecule has 100 valence electrons. The highest BCUT2D eigenvalue weighted by Gasteiger charge is 2.31. The monoisotopic (exact) mass is 266 g/mol. The van der Waals surface area contributed by atoms with Gasteiger partial charge in [-0.05, 0) is 43.2 Å². The number of methoxy groups -OCH3 is 1. The number of fused-ring (bicyclic) bond motifs is 3. The lowest BCUT2D eigenvalue weighted by atomic mass is 9.93. The normalized spacial score (nSPS) is 12.1. The summed E-state index contributed by atoms with van der Waals surface area (Å²) in [4.78, 5) is 24.4. The number of benzene rings is 2. The Morgan fingerprint density at radius 2 is 1.75 bits per heavy atom. The maximum Gasteiger partial charge on any atom is 0.194 e. The van der Waals surface area contributed by atoms with Crippen LogP contribution in [0.2, 0.25) is 0 Å².